The molecular formula is C21H40N2O+2. The highest BCUT2D eigenvalue weighted by Crippen LogP contribution is 2.65. The lowest BCUT2D eigenvalue weighted by Gasteiger charge is -2.60. The molecule has 0 saturated heterocycles. The largest absolute Gasteiger partial charge is 0.393 e. The van der Waals surface area contributed by atoms with Crippen molar-refractivity contribution in [2.24, 2.45) is 34.5 Å². The molecule has 0 unspecified atom stereocenters. The minimum absolute atomic E-state index is 0.0124. The molecule has 0 heterocycles. The van der Waals surface area contributed by atoms with E-state index < -0.39 is 0 Å². The average molecular weight is 337 g/mol. The summed E-state index contributed by atoms with van der Waals surface area (Å²) in [6, 6.07) is 0.851. The van der Waals surface area contributed by atoms with Crippen molar-refractivity contribution in [2.75, 3.05) is 13.1 Å². The van der Waals surface area contributed by atoms with Gasteiger partial charge in [-0.3, -0.25) is 0 Å². The molecule has 8 atom stereocenters. The lowest BCUT2D eigenvalue weighted by Crippen LogP contribution is -2.95. The predicted molar refractivity (Wildman–Crippen MR) is 96.1 cm³/mol. The summed E-state index contributed by atoms with van der Waals surface area (Å²) in [7, 11) is 0. The van der Waals surface area contributed by atoms with Gasteiger partial charge in [-0.25, -0.2) is 0 Å². The molecule has 0 amide bonds. The van der Waals surface area contributed by atoms with Crippen LogP contribution in [0.1, 0.15) is 71.6 Å². The first-order valence-electron chi connectivity index (χ1n) is 10.8. The van der Waals surface area contributed by atoms with E-state index >= 15 is 0 Å². The first-order valence-corrected chi connectivity index (χ1v) is 10.8. The van der Waals surface area contributed by atoms with Crippen molar-refractivity contribution < 1.29 is 16.2 Å². The van der Waals surface area contributed by atoms with E-state index in [1.807, 2.05) is 0 Å². The molecule has 0 aromatic rings. The van der Waals surface area contributed by atoms with Crippen LogP contribution in [0.4, 0.5) is 0 Å². The molecule has 4 fully saturated rings. The third-order valence-corrected chi connectivity index (χ3v) is 9.37. The lowest BCUT2D eigenvalue weighted by atomic mass is 9.45. The van der Waals surface area contributed by atoms with Gasteiger partial charge in [-0.15, -0.1) is 0 Å². The highest BCUT2D eigenvalue weighted by atomic mass is 16.3. The van der Waals surface area contributed by atoms with Gasteiger partial charge in [0.05, 0.1) is 12.1 Å². The fraction of sp³-hybridized carbons (Fsp3) is 1.00. The maximum atomic E-state index is 10.2. The Balaban J connectivity index is 1.54. The molecule has 4 aliphatic carbocycles. The van der Waals surface area contributed by atoms with Crippen LogP contribution < -0.4 is 11.1 Å². The third kappa shape index (κ3) is 2.49. The summed E-state index contributed by atoms with van der Waals surface area (Å²) >= 11 is 0. The van der Waals surface area contributed by atoms with E-state index in [9.17, 15) is 5.11 Å². The van der Waals surface area contributed by atoms with Gasteiger partial charge in [0.1, 0.15) is 13.1 Å². The second kappa shape index (κ2) is 6.25. The number of rotatable bonds is 3. The van der Waals surface area contributed by atoms with Crippen LogP contribution in [0.2, 0.25) is 0 Å². The van der Waals surface area contributed by atoms with Crippen molar-refractivity contribution in [1.29, 1.82) is 0 Å². The maximum Gasteiger partial charge on any atom is 0.125 e. The van der Waals surface area contributed by atoms with Gasteiger partial charge in [-0.2, -0.15) is 0 Å². The molecule has 0 bridgehead atoms. The van der Waals surface area contributed by atoms with E-state index in [4.69, 9.17) is 0 Å². The number of hydrogen-bond donors (Lipinski definition) is 3. The fourth-order valence-corrected chi connectivity index (χ4v) is 7.98. The van der Waals surface area contributed by atoms with Gasteiger partial charge < -0.3 is 16.2 Å². The molecule has 3 nitrogen and oxygen atoms in total. The van der Waals surface area contributed by atoms with Gasteiger partial charge in [0, 0.05) is 11.8 Å². The summed E-state index contributed by atoms with van der Waals surface area (Å²) in [5, 5.41) is 12.8. The molecule has 4 rings (SSSR count). The zero-order valence-corrected chi connectivity index (χ0v) is 16.0. The highest BCUT2D eigenvalue weighted by Gasteiger charge is 2.61. The summed E-state index contributed by atoms with van der Waals surface area (Å²) in [5.74, 6) is 3.67. The molecule has 4 saturated carbocycles. The van der Waals surface area contributed by atoms with Gasteiger partial charge in [-0.05, 0) is 80.5 Å². The molecule has 24 heavy (non-hydrogen) atoms. The van der Waals surface area contributed by atoms with Crippen molar-refractivity contribution in [3.8, 4) is 0 Å². The minimum atomic E-state index is -0.0124. The Morgan fingerprint density at radius 2 is 1.71 bits per heavy atom. The van der Waals surface area contributed by atoms with Crippen LogP contribution in [-0.4, -0.2) is 30.3 Å². The van der Waals surface area contributed by atoms with Gasteiger partial charge in [0.2, 0.25) is 0 Å². The molecule has 0 spiro atoms. The Kier molecular flexibility index (Phi) is 4.50. The summed E-state index contributed by atoms with van der Waals surface area (Å²) in [6.45, 7) is 7.50. The predicted octanol–water partition coefficient (Wildman–Crippen LogP) is 1.56. The molecule has 4 aliphatic rings. The van der Waals surface area contributed by atoms with E-state index in [2.05, 4.69) is 24.9 Å². The third-order valence-electron chi connectivity index (χ3n) is 9.37. The minimum Gasteiger partial charge on any atom is -0.393 e. The first-order chi connectivity index (χ1) is 11.5. The number of hydrogen-bond acceptors (Lipinski definition) is 1. The molecule has 0 aromatic carbocycles. The fourth-order valence-electron chi connectivity index (χ4n) is 7.98. The van der Waals surface area contributed by atoms with Gasteiger partial charge in [0.15, 0.2) is 0 Å². The maximum absolute atomic E-state index is 10.2. The first kappa shape index (κ1) is 17.3. The van der Waals surface area contributed by atoms with Crippen LogP contribution in [0.5, 0.6) is 0 Å². The SMILES string of the molecule is C[C@]12CC[C@@H](O)C[C@@H]1CC[C@H]1[C@H]3CC[C@H]([NH2+]CC[NH3+])[C@@]3(C)CC[C@@H]12. The number of aliphatic hydroxyl groups excluding tert-OH is 1. The molecule has 0 aromatic heterocycles. The standard InChI is InChI=1S/C21H38N2O/c1-20-9-7-15(24)13-14(20)3-4-16-17-5-6-19(23-12-11-22)21(17,2)10-8-18(16)20/h14-19,23-24H,3-13,22H2,1-2H3/p+2/t14-,15+,16-,17+,18-,19-,20-,21-/m0/s1. The number of aliphatic hydroxyl groups is 1. The second-order valence-electron chi connectivity index (χ2n) is 10.2. The van der Waals surface area contributed by atoms with Gasteiger partial charge >= 0.3 is 0 Å². The summed E-state index contributed by atoms with van der Waals surface area (Å²) in [5.41, 5.74) is 5.15. The summed E-state index contributed by atoms with van der Waals surface area (Å²) < 4.78 is 0. The smallest absolute Gasteiger partial charge is 0.125 e. The quantitative estimate of drug-likeness (QED) is 0.719. The molecule has 6 N–H and O–H groups in total. The zero-order chi connectivity index (χ0) is 16.9. The highest BCUT2D eigenvalue weighted by molar-refractivity contribution is 5.09. The van der Waals surface area contributed by atoms with Crippen molar-refractivity contribution in [1.82, 2.24) is 0 Å². The van der Waals surface area contributed by atoms with Crippen LogP contribution in [0.3, 0.4) is 0 Å². The Hall–Kier alpha value is -0.120. The van der Waals surface area contributed by atoms with Crippen molar-refractivity contribution in [3.63, 3.8) is 0 Å². The van der Waals surface area contributed by atoms with Crippen LogP contribution in [0.25, 0.3) is 0 Å². The number of nitrogens with two attached hydrogens (primary N) is 1. The van der Waals surface area contributed by atoms with Gasteiger partial charge in [-0.1, -0.05) is 13.8 Å². The van der Waals surface area contributed by atoms with E-state index in [-0.39, 0.29) is 6.10 Å². The normalized spacial score (nSPS) is 54.0. The molecule has 3 heteroatoms. The lowest BCUT2D eigenvalue weighted by molar-refractivity contribution is -0.712. The zero-order valence-electron chi connectivity index (χ0n) is 16.0. The molecular weight excluding hydrogens is 296 g/mol. The molecule has 0 aliphatic heterocycles. The molecule has 138 valence electrons. The van der Waals surface area contributed by atoms with E-state index in [0.29, 0.717) is 10.8 Å². The van der Waals surface area contributed by atoms with Crippen LogP contribution in [-0.2, 0) is 0 Å². The molecule has 0 radical (unpaired) electrons. The van der Waals surface area contributed by atoms with Crippen LogP contribution in [0, 0.1) is 34.5 Å². The number of fused-ring (bicyclic) bond motifs is 5. The second-order valence-corrected chi connectivity index (χ2v) is 10.2. The Morgan fingerprint density at radius 1 is 0.958 bits per heavy atom. The van der Waals surface area contributed by atoms with E-state index in [0.717, 1.165) is 49.1 Å². The Morgan fingerprint density at radius 3 is 2.50 bits per heavy atom. The van der Waals surface area contributed by atoms with Crippen molar-refractivity contribution >= 4 is 0 Å². The number of quaternary nitrogens is 2. The van der Waals surface area contributed by atoms with E-state index in [1.54, 1.807) is 0 Å². The topological polar surface area (TPSA) is 64.5 Å². The Labute approximate surface area is 148 Å². The monoisotopic (exact) mass is 336 g/mol. The van der Waals surface area contributed by atoms with E-state index in [1.165, 1.54) is 51.5 Å². The van der Waals surface area contributed by atoms with Crippen molar-refractivity contribution in [2.45, 2.75) is 83.8 Å². The average Bonchev–Trinajstić information content (AvgIpc) is 2.90. The Bertz CT molecular complexity index is 469. The summed E-state index contributed by atoms with van der Waals surface area (Å²) in [6.07, 6.45) is 12.0. The van der Waals surface area contributed by atoms with Crippen LogP contribution in [0.15, 0.2) is 0 Å². The van der Waals surface area contributed by atoms with Crippen molar-refractivity contribution in [3.05, 3.63) is 0 Å². The summed E-state index contributed by atoms with van der Waals surface area (Å²) in [4.78, 5) is 0. The van der Waals surface area contributed by atoms with Crippen LogP contribution >= 0.6 is 0 Å². The van der Waals surface area contributed by atoms with Gasteiger partial charge in [0.25, 0.3) is 0 Å².